The Kier molecular flexibility index (Phi) is 4.24. The Balaban J connectivity index is 1.91. The van der Waals surface area contributed by atoms with Gasteiger partial charge in [0.15, 0.2) is 0 Å². The van der Waals surface area contributed by atoms with Crippen molar-refractivity contribution in [1.82, 2.24) is 5.32 Å². The van der Waals surface area contributed by atoms with Crippen LogP contribution in [0.1, 0.15) is 26.2 Å². The first-order valence-electron chi connectivity index (χ1n) is 6.91. The molecule has 5 unspecified atom stereocenters. The number of amides is 1. The van der Waals surface area contributed by atoms with Crippen LogP contribution in [0.4, 0.5) is 0 Å². The van der Waals surface area contributed by atoms with E-state index in [1.807, 2.05) is 19.1 Å². The van der Waals surface area contributed by atoms with Crippen molar-refractivity contribution in [3.8, 4) is 0 Å². The van der Waals surface area contributed by atoms with E-state index in [1.165, 1.54) is 0 Å². The third-order valence-electron chi connectivity index (χ3n) is 4.30. The molecule has 0 heterocycles. The van der Waals surface area contributed by atoms with E-state index >= 15 is 0 Å². The van der Waals surface area contributed by atoms with Crippen molar-refractivity contribution in [3.05, 3.63) is 12.2 Å². The van der Waals surface area contributed by atoms with Gasteiger partial charge in [-0.2, -0.15) is 0 Å². The summed E-state index contributed by atoms with van der Waals surface area (Å²) in [5.74, 6) is -2.06. The van der Waals surface area contributed by atoms with Gasteiger partial charge in [0.2, 0.25) is 5.91 Å². The van der Waals surface area contributed by atoms with Crippen molar-refractivity contribution in [1.29, 1.82) is 0 Å². The molecule has 0 aromatic carbocycles. The van der Waals surface area contributed by atoms with Gasteiger partial charge in [-0.15, -0.1) is 0 Å². The number of carbonyl (C=O) groups excluding carboxylic acids is 1. The maximum atomic E-state index is 12.1. The van der Waals surface area contributed by atoms with E-state index < -0.39 is 23.9 Å². The second-order valence-corrected chi connectivity index (χ2v) is 5.48. The first-order chi connectivity index (χ1) is 9.04. The smallest absolute Gasteiger partial charge is 0.307 e. The second-order valence-electron chi connectivity index (χ2n) is 5.48. The number of carboxylic acids is 1. The zero-order valence-corrected chi connectivity index (χ0v) is 11.1. The number of allylic oxidation sites excluding steroid dienone is 2. The molecule has 19 heavy (non-hydrogen) atoms. The lowest BCUT2D eigenvalue weighted by molar-refractivity contribution is -0.147. The standard InChI is InChI=1S/C14H21NO4/c1-2-10(16)5-6-15-13(17)11-8-3-4-9(7-8)12(11)14(18)19/h3-4,8-12,16H,2,5-7H2,1H3,(H,15,17)(H,18,19). The molecule has 5 heteroatoms. The number of fused-ring (bicyclic) bond motifs is 2. The summed E-state index contributed by atoms with van der Waals surface area (Å²) < 4.78 is 0. The van der Waals surface area contributed by atoms with Gasteiger partial charge >= 0.3 is 5.97 Å². The normalized spacial score (nSPS) is 33.4. The number of rotatable bonds is 6. The van der Waals surface area contributed by atoms with E-state index in [-0.39, 0.29) is 17.7 Å². The predicted octanol–water partition coefficient (Wildman–Crippen LogP) is 0.787. The van der Waals surface area contributed by atoms with E-state index in [2.05, 4.69) is 5.32 Å². The molecule has 2 bridgehead atoms. The van der Waals surface area contributed by atoms with Crippen LogP contribution in [-0.4, -0.2) is 34.7 Å². The van der Waals surface area contributed by atoms with Gasteiger partial charge in [0.05, 0.1) is 17.9 Å². The van der Waals surface area contributed by atoms with Gasteiger partial charge in [-0.25, -0.2) is 0 Å². The van der Waals surface area contributed by atoms with Crippen LogP contribution in [0.15, 0.2) is 12.2 Å². The van der Waals surface area contributed by atoms with Gasteiger partial charge in [-0.3, -0.25) is 9.59 Å². The van der Waals surface area contributed by atoms with Crippen LogP contribution in [-0.2, 0) is 9.59 Å². The van der Waals surface area contributed by atoms with E-state index in [1.54, 1.807) is 0 Å². The lowest BCUT2D eigenvalue weighted by Crippen LogP contribution is -2.41. The predicted molar refractivity (Wildman–Crippen MR) is 69.3 cm³/mol. The SMILES string of the molecule is CCC(O)CCNC(=O)C1C2C=CC(C2)C1C(=O)O. The highest BCUT2D eigenvalue weighted by Gasteiger charge is 2.51. The Hall–Kier alpha value is -1.36. The van der Waals surface area contributed by atoms with E-state index in [4.69, 9.17) is 0 Å². The van der Waals surface area contributed by atoms with Crippen molar-refractivity contribution in [2.75, 3.05) is 6.54 Å². The summed E-state index contributed by atoms with van der Waals surface area (Å²) in [4.78, 5) is 23.4. The Morgan fingerprint density at radius 1 is 1.32 bits per heavy atom. The Labute approximate surface area is 112 Å². The Bertz CT molecular complexity index is 393. The summed E-state index contributed by atoms with van der Waals surface area (Å²) in [5, 5.41) is 21.4. The quantitative estimate of drug-likeness (QED) is 0.621. The molecule has 5 nitrogen and oxygen atoms in total. The molecule has 2 aliphatic rings. The molecule has 0 aromatic rings. The summed E-state index contributed by atoms with van der Waals surface area (Å²) in [7, 11) is 0. The molecule has 3 N–H and O–H groups in total. The zero-order valence-electron chi connectivity index (χ0n) is 11.1. The van der Waals surface area contributed by atoms with Crippen molar-refractivity contribution in [2.45, 2.75) is 32.3 Å². The third kappa shape index (κ3) is 2.81. The van der Waals surface area contributed by atoms with E-state index in [0.717, 1.165) is 6.42 Å². The first-order valence-corrected chi connectivity index (χ1v) is 6.91. The molecule has 0 aromatic heterocycles. The summed E-state index contributed by atoms with van der Waals surface area (Å²) in [6, 6.07) is 0. The molecule has 0 radical (unpaired) electrons. The van der Waals surface area contributed by atoms with Crippen LogP contribution in [0.25, 0.3) is 0 Å². The molecule has 2 rings (SSSR count). The number of hydrogen-bond acceptors (Lipinski definition) is 3. The highest BCUT2D eigenvalue weighted by molar-refractivity contribution is 5.86. The van der Waals surface area contributed by atoms with Crippen LogP contribution in [0.2, 0.25) is 0 Å². The molecule has 106 valence electrons. The largest absolute Gasteiger partial charge is 0.481 e. The van der Waals surface area contributed by atoms with Gasteiger partial charge in [0.1, 0.15) is 0 Å². The Morgan fingerprint density at radius 2 is 1.95 bits per heavy atom. The van der Waals surface area contributed by atoms with Gasteiger partial charge in [-0.1, -0.05) is 19.1 Å². The van der Waals surface area contributed by atoms with Crippen molar-refractivity contribution in [2.24, 2.45) is 23.7 Å². The lowest BCUT2D eigenvalue weighted by atomic mass is 9.82. The average Bonchev–Trinajstić information content (AvgIpc) is 2.98. The minimum atomic E-state index is -0.884. The number of aliphatic hydroxyl groups is 1. The maximum absolute atomic E-state index is 12.1. The van der Waals surface area contributed by atoms with Crippen LogP contribution in [0.5, 0.6) is 0 Å². The maximum Gasteiger partial charge on any atom is 0.307 e. The number of nitrogens with one attached hydrogen (secondary N) is 1. The minimum absolute atomic E-state index is 0.000480. The third-order valence-corrected chi connectivity index (χ3v) is 4.30. The van der Waals surface area contributed by atoms with Crippen molar-refractivity contribution >= 4 is 11.9 Å². The molecule has 1 saturated carbocycles. The molecule has 0 saturated heterocycles. The summed E-state index contributed by atoms with van der Waals surface area (Å²) >= 11 is 0. The molecule has 0 aliphatic heterocycles. The summed E-state index contributed by atoms with van der Waals surface area (Å²) in [6.45, 7) is 2.28. The summed E-state index contributed by atoms with van der Waals surface area (Å²) in [6.07, 6.45) is 5.42. The minimum Gasteiger partial charge on any atom is -0.481 e. The van der Waals surface area contributed by atoms with Gasteiger partial charge < -0.3 is 15.5 Å². The molecule has 1 fully saturated rings. The first kappa shape index (κ1) is 14.1. The molecule has 1 amide bonds. The van der Waals surface area contributed by atoms with Crippen LogP contribution in [0.3, 0.4) is 0 Å². The average molecular weight is 267 g/mol. The number of carboxylic acid groups (broad SMARTS) is 1. The number of carbonyl (C=O) groups is 2. The lowest BCUT2D eigenvalue weighted by Gasteiger charge is -2.24. The topological polar surface area (TPSA) is 86.6 Å². The fraction of sp³-hybridized carbons (Fsp3) is 0.714. The zero-order chi connectivity index (χ0) is 14.0. The number of aliphatic carboxylic acids is 1. The van der Waals surface area contributed by atoms with Gasteiger partial charge in [0.25, 0.3) is 0 Å². The molecule has 2 aliphatic carbocycles. The molecule has 0 spiro atoms. The molecular weight excluding hydrogens is 246 g/mol. The molecular formula is C14H21NO4. The van der Waals surface area contributed by atoms with Crippen LogP contribution in [0, 0.1) is 23.7 Å². The fourth-order valence-electron chi connectivity index (χ4n) is 3.20. The number of aliphatic hydroxyl groups excluding tert-OH is 1. The van der Waals surface area contributed by atoms with Crippen LogP contribution >= 0.6 is 0 Å². The van der Waals surface area contributed by atoms with Gasteiger partial charge in [-0.05, 0) is 31.1 Å². The van der Waals surface area contributed by atoms with E-state index in [9.17, 15) is 19.8 Å². The highest BCUT2D eigenvalue weighted by atomic mass is 16.4. The highest BCUT2D eigenvalue weighted by Crippen LogP contribution is 2.48. The van der Waals surface area contributed by atoms with E-state index in [0.29, 0.717) is 19.4 Å². The van der Waals surface area contributed by atoms with Crippen molar-refractivity contribution < 1.29 is 19.8 Å². The second kappa shape index (κ2) is 5.74. The monoisotopic (exact) mass is 267 g/mol. The Morgan fingerprint density at radius 3 is 2.53 bits per heavy atom. The number of hydrogen-bond donors (Lipinski definition) is 3. The summed E-state index contributed by atoms with van der Waals surface area (Å²) in [5.41, 5.74) is 0. The molecule has 5 atom stereocenters. The fourth-order valence-corrected chi connectivity index (χ4v) is 3.20. The van der Waals surface area contributed by atoms with Crippen LogP contribution < -0.4 is 5.32 Å². The van der Waals surface area contributed by atoms with Gasteiger partial charge in [0, 0.05) is 6.54 Å². The van der Waals surface area contributed by atoms with Crippen molar-refractivity contribution in [3.63, 3.8) is 0 Å².